The lowest BCUT2D eigenvalue weighted by atomic mass is 9.90. The first kappa shape index (κ1) is 22.4. The van der Waals surface area contributed by atoms with Crippen LogP contribution in [0.3, 0.4) is 0 Å². The largest absolute Gasteiger partial charge is 0.619 e. The molecule has 36 heavy (non-hydrogen) atoms. The van der Waals surface area contributed by atoms with Crippen molar-refractivity contribution in [3.8, 4) is 22.6 Å². The van der Waals surface area contributed by atoms with E-state index in [0.717, 1.165) is 59.0 Å². The van der Waals surface area contributed by atoms with Crippen molar-refractivity contribution in [2.75, 3.05) is 11.4 Å². The van der Waals surface area contributed by atoms with E-state index in [-0.39, 0.29) is 0 Å². The second-order valence-corrected chi connectivity index (χ2v) is 9.55. The molecule has 5 nitrogen and oxygen atoms in total. The first-order chi connectivity index (χ1) is 17.6. The van der Waals surface area contributed by atoms with Crippen molar-refractivity contribution in [2.45, 2.75) is 19.4 Å². The summed E-state index contributed by atoms with van der Waals surface area (Å²) >= 11 is 6.60. The molecule has 1 aliphatic rings. The molecular formula is C30H25ClN4O. The third-order valence-corrected chi connectivity index (χ3v) is 7.18. The van der Waals surface area contributed by atoms with Gasteiger partial charge in [-0.05, 0) is 52.8 Å². The number of hydrogen-bond acceptors (Lipinski definition) is 3. The Morgan fingerprint density at radius 3 is 2.64 bits per heavy atom. The summed E-state index contributed by atoms with van der Waals surface area (Å²) in [6.07, 6.45) is 6.77. The molecule has 1 aliphatic heterocycles. The molecule has 0 aliphatic carbocycles. The van der Waals surface area contributed by atoms with Crippen LogP contribution in [0.4, 0.5) is 5.69 Å². The van der Waals surface area contributed by atoms with Crippen LogP contribution >= 0.6 is 11.6 Å². The molecule has 0 saturated carbocycles. The van der Waals surface area contributed by atoms with Gasteiger partial charge in [0.15, 0.2) is 12.4 Å². The predicted octanol–water partition coefficient (Wildman–Crippen LogP) is 6.18. The first-order valence-corrected chi connectivity index (χ1v) is 12.4. The molecule has 0 unspecified atom stereocenters. The van der Waals surface area contributed by atoms with Crippen LogP contribution in [0, 0.1) is 5.21 Å². The van der Waals surface area contributed by atoms with Gasteiger partial charge in [-0.15, -0.1) is 0 Å². The minimum Gasteiger partial charge on any atom is -0.619 e. The Morgan fingerprint density at radius 1 is 0.972 bits per heavy atom. The SMILES string of the molecule is [O-][n+]1ccc(N2CCc3c(Cc4ccc(Cl)c(-c5ncc(-c6ccccc6)[nH]5)c4)cccc3C2)cc1. The van der Waals surface area contributed by atoms with Crippen LogP contribution in [0.5, 0.6) is 0 Å². The van der Waals surface area contributed by atoms with Gasteiger partial charge in [0.2, 0.25) is 0 Å². The highest BCUT2D eigenvalue weighted by atomic mass is 35.5. The average molecular weight is 493 g/mol. The van der Waals surface area contributed by atoms with Crippen molar-refractivity contribution in [3.05, 3.63) is 130 Å². The molecule has 2 aromatic heterocycles. The lowest BCUT2D eigenvalue weighted by molar-refractivity contribution is -0.605. The Balaban J connectivity index is 1.25. The van der Waals surface area contributed by atoms with Gasteiger partial charge in [0.05, 0.1) is 16.9 Å². The van der Waals surface area contributed by atoms with Gasteiger partial charge in [-0.1, -0.05) is 66.2 Å². The maximum atomic E-state index is 11.4. The van der Waals surface area contributed by atoms with Gasteiger partial charge in [0.25, 0.3) is 0 Å². The second-order valence-electron chi connectivity index (χ2n) is 9.15. The summed E-state index contributed by atoms with van der Waals surface area (Å²) in [4.78, 5) is 10.4. The molecule has 6 rings (SSSR count). The minimum absolute atomic E-state index is 0.681. The summed E-state index contributed by atoms with van der Waals surface area (Å²) in [5.41, 5.74) is 9.35. The smallest absolute Gasteiger partial charge is 0.182 e. The van der Waals surface area contributed by atoms with E-state index in [4.69, 9.17) is 11.6 Å². The van der Waals surface area contributed by atoms with Crippen LogP contribution in [0.15, 0.2) is 97.5 Å². The lowest BCUT2D eigenvalue weighted by Gasteiger charge is -2.31. The lowest BCUT2D eigenvalue weighted by Crippen LogP contribution is -2.32. The van der Waals surface area contributed by atoms with Crippen LogP contribution < -0.4 is 9.63 Å². The van der Waals surface area contributed by atoms with Gasteiger partial charge in [-0.2, -0.15) is 4.73 Å². The maximum absolute atomic E-state index is 11.4. The highest BCUT2D eigenvalue weighted by Gasteiger charge is 2.20. The molecule has 0 spiro atoms. The zero-order valence-electron chi connectivity index (χ0n) is 19.7. The van der Waals surface area contributed by atoms with E-state index in [0.29, 0.717) is 5.02 Å². The maximum Gasteiger partial charge on any atom is 0.182 e. The number of nitrogens with one attached hydrogen (secondary N) is 1. The third-order valence-electron chi connectivity index (χ3n) is 6.85. The quantitative estimate of drug-likeness (QED) is 0.235. The van der Waals surface area contributed by atoms with E-state index in [1.807, 2.05) is 42.6 Å². The van der Waals surface area contributed by atoms with E-state index in [1.54, 1.807) is 12.4 Å². The Labute approximate surface area is 215 Å². The number of nitrogens with zero attached hydrogens (tertiary/aromatic N) is 3. The zero-order chi connectivity index (χ0) is 24.5. The molecule has 0 saturated heterocycles. The Kier molecular flexibility index (Phi) is 5.91. The van der Waals surface area contributed by atoms with Crippen molar-refractivity contribution in [1.82, 2.24) is 9.97 Å². The van der Waals surface area contributed by atoms with Crippen LogP contribution in [0.1, 0.15) is 22.3 Å². The van der Waals surface area contributed by atoms with Crippen molar-refractivity contribution >= 4 is 17.3 Å². The Bertz CT molecular complexity index is 1510. The van der Waals surface area contributed by atoms with Crippen molar-refractivity contribution in [2.24, 2.45) is 0 Å². The molecule has 0 fully saturated rings. The fraction of sp³-hybridized carbons (Fsp3) is 0.133. The number of pyridine rings is 1. The summed E-state index contributed by atoms with van der Waals surface area (Å²) in [5, 5.41) is 12.1. The number of hydrogen-bond donors (Lipinski definition) is 1. The van der Waals surface area contributed by atoms with E-state index in [9.17, 15) is 5.21 Å². The van der Waals surface area contributed by atoms with Crippen molar-refractivity contribution < 1.29 is 4.73 Å². The standard InChI is InChI=1S/C30H25ClN4O/c31-28-10-9-21(18-27(28)30-32-19-29(33-30)22-5-2-1-3-6-22)17-23-7-4-8-24-20-34(14-13-26(23)24)25-11-15-35(36)16-12-25/h1-12,15-16,18-19H,13-14,17,20H2,(H,32,33). The molecule has 3 aromatic carbocycles. The summed E-state index contributed by atoms with van der Waals surface area (Å²) < 4.78 is 0.824. The molecule has 0 bridgehead atoms. The number of benzene rings is 3. The first-order valence-electron chi connectivity index (χ1n) is 12.1. The molecule has 1 N–H and O–H groups in total. The van der Waals surface area contributed by atoms with E-state index < -0.39 is 0 Å². The molecule has 0 atom stereocenters. The number of imidazole rings is 1. The summed E-state index contributed by atoms with van der Waals surface area (Å²) in [5.74, 6) is 0.772. The molecule has 0 amide bonds. The number of halogens is 1. The van der Waals surface area contributed by atoms with Crippen molar-refractivity contribution in [1.29, 1.82) is 0 Å². The van der Waals surface area contributed by atoms with Crippen LogP contribution in [-0.4, -0.2) is 16.5 Å². The molecule has 5 aromatic rings. The molecule has 6 heteroatoms. The Morgan fingerprint density at radius 2 is 1.81 bits per heavy atom. The topological polar surface area (TPSA) is 58.9 Å². The second kappa shape index (κ2) is 9.51. The molecule has 3 heterocycles. The van der Waals surface area contributed by atoms with E-state index in [2.05, 4.69) is 57.3 Å². The number of aromatic nitrogens is 3. The number of rotatable bonds is 5. The third kappa shape index (κ3) is 4.45. The summed E-state index contributed by atoms with van der Waals surface area (Å²) in [7, 11) is 0. The fourth-order valence-corrected chi connectivity index (χ4v) is 5.20. The zero-order valence-corrected chi connectivity index (χ0v) is 20.4. The van der Waals surface area contributed by atoms with Gasteiger partial charge in [0.1, 0.15) is 5.82 Å². The van der Waals surface area contributed by atoms with Crippen LogP contribution in [-0.2, 0) is 19.4 Å². The van der Waals surface area contributed by atoms with Crippen LogP contribution in [0.2, 0.25) is 5.02 Å². The molecular weight excluding hydrogens is 468 g/mol. The van der Waals surface area contributed by atoms with Gasteiger partial charge < -0.3 is 15.1 Å². The number of H-pyrrole nitrogens is 1. The number of aromatic amines is 1. The van der Waals surface area contributed by atoms with Gasteiger partial charge in [-0.25, -0.2) is 4.98 Å². The fourth-order valence-electron chi connectivity index (χ4n) is 5.00. The molecule has 178 valence electrons. The highest BCUT2D eigenvalue weighted by Crippen LogP contribution is 2.31. The predicted molar refractivity (Wildman–Crippen MR) is 144 cm³/mol. The monoisotopic (exact) mass is 492 g/mol. The summed E-state index contributed by atoms with van der Waals surface area (Å²) in [6.45, 7) is 1.76. The number of anilines is 1. The van der Waals surface area contributed by atoms with E-state index in [1.165, 1.54) is 22.3 Å². The van der Waals surface area contributed by atoms with Crippen molar-refractivity contribution in [3.63, 3.8) is 0 Å². The van der Waals surface area contributed by atoms with Gasteiger partial charge in [0, 0.05) is 36.5 Å². The minimum atomic E-state index is 0.681. The normalized spacial score (nSPS) is 13.0. The summed E-state index contributed by atoms with van der Waals surface area (Å²) in [6, 6.07) is 26.7. The van der Waals surface area contributed by atoms with Gasteiger partial charge in [-0.3, -0.25) is 0 Å². The van der Waals surface area contributed by atoms with Gasteiger partial charge >= 0.3 is 0 Å². The average Bonchev–Trinajstić information content (AvgIpc) is 3.41. The van der Waals surface area contributed by atoms with E-state index >= 15 is 0 Å². The number of fused-ring (bicyclic) bond motifs is 1. The molecule has 0 radical (unpaired) electrons. The Hall–Kier alpha value is -4.09. The highest BCUT2D eigenvalue weighted by molar-refractivity contribution is 6.33. The van der Waals surface area contributed by atoms with Crippen LogP contribution in [0.25, 0.3) is 22.6 Å².